The van der Waals surface area contributed by atoms with E-state index < -0.39 is 10.0 Å². The first-order valence-corrected chi connectivity index (χ1v) is 9.72. The van der Waals surface area contributed by atoms with Crippen molar-refractivity contribution in [2.24, 2.45) is 11.8 Å². The number of hydrogen-bond donors (Lipinski definition) is 2. The fourth-order valence-corrected chi connectivity index (χ4v) is 4.91. The van der Waals surface area contributed by atoms with E-state index >= 15 is 0 Å². The lowest BCUT2D eigenvalue weighted by Crippen LogP contribution is -2.30. The predicted molar refractivity (Wildman–Crippen MR) is 81.3 cm³/mol. The van der Waals surface area contributed by atoms with Gasteiger partial charge in [-0.3, -0.25) is 0 Å². The molecule has 1 unspecified atom stereocenters. The molecule has 0 radical (unpaired) electrons. The second-order valence-electron chi connectivity index (χ2n) is 6.03. The maximum atomic E-state index is 12.4. The van der Waals surface area contributed by atoms with Crippen LogP contribution in [0.25, 0.3) is 0 Å². The third-order valence-corrected chi connectivity index (χ3v) is 6.70. The molecule has 0 amide bonds. The van der Waals surface area contributed by atoms with E-state index in [0.717, 1.165) is 10.8 Å². The van der Waals surface area contributed by atoms with Crippen molar-refractivity contribution >= 4 is 21.4 Å². The minimum Gasteiger partial charge on any atom is -0.309 e. The van der Waals surface area contributed by atoms with Gasteiger partial charge in [0.25, 0.3) is 0 Å². The number of thiophene rings is 1. The van der Waals surface area contributed by atoms with Gasteiger partial charge >= 0.3 is 0 Å². The molecule has 20 heavy (non-hydrogen) atoms. The van der Waals surface area contributed by atoms with Crippen LogP contribution in [-0.4, -0.2) is 21.0 Å². The average molecular weight is 314 g/mol. The van der Waals surface area contributed by atoms with Crippen LogP contribution in [-0.2, 0) is 16.6 Å². The molecule has 2 N–H and O–H groups in total. The van der Waals surface area contributed by atoms with Crippen molar-refractivity contribution in [3.63, 3.8) is 0 Å². The highest BCUT2D eigenvalue weighted by atomic mass is 32.2. The molecular weight excluding hydrogens is 292 g/mol. The fraction of sp³-hybridized carbons (Fsp3) is 0.714. The van der Waals surface area contributed by atoms with Crippen molar-refractivity contribution in [2.75, 3.05) is 6.54 Å². The van der Waals surface area contributed by atoms with Crippen LogP contribution >= 0.6 is 11.3 Å². The van der Waals surface area contributed by atoms with Crippen molar-refractivity contribution in [3.05, 3.63) is 16.3 Å². The first-order valence-electron chi connectivity index (χ1n) is 7.35. The van der Waals surface area contributed by atoms with Crippen LogP contribution in [0.3, 0.4) is 0 Å². The Hall–Kier alpha value is -0.430. The summed E-state index contributed by atoms with van der Waals surface area (Å²) in [6, 6.07) is 2.31. The molecule has 2 aliphatic carbocycles. The Balaban J connectivity index is 1.61. The largest absolute Gasteiger partial charge is 0.309 e. The highest BCUT2D eigenvalue weighted by Gasteiger charge is 2.29. The predicted octanol–water partition coefficient (Wildman–Crippen LogP) is 2.32. The summed E-state index contributed by atoms with van der Waals surface area (Å²) in [5.74, 6) is 1.16. The second-order valence-corrected chi connectivity index (χ2v) is 8.77. The summed E-state index contributed by atoms with van der Waals surface area (Å²) in [4.78, 5) is 1.38. The molecule has 2 fully saturated rings. The Morgan fingerprint density at radius 3 is 2.75 bits per heavy atom. The molecule has 112 valence electrons. The summed E-state index contributed by atoms with van der Waals surface area (Å²) in [7, 11) is -3.36. The quantitative estimate of drug-likeness (QED) is 0.774. The van der Waals surface area contributed by atoms with E-state index in [1.54, 1.807) is 6.07 Å². The number of sulfonamides is 1. The molecule has 0 aromatic carbocycles. The number of hydrogen-bond acceptors (Lipinski definition) is 4. The van der Waals surface area contributed by atoms with Crippen LogP contribution in [0.4, 0.5) is 0 Å². The summed E-state index contributed by atoms with van der Waals surface area (Å²) in [6.07, 6.45) is 4.92. The van der Waals surface area contributed by atoms with Gasteiger partial charge in [-0.2, -0.15) is 0 Å². The summed E-state index contributed by atoms with van der Waals surface area (Å²) < 4.78 is 27.6. The van der Waals surface area contributed by atoms with Crippen LogP contribution in [0, 0.1) is 11.8 Å². The van der Waals surface area contributed by atoms with E-state index in [9.17, 15) is 8.42 Å². The lowest BCUT2D eigenvalue weighted by atomic mass is 10.1. The van der Waals surface area contributed by atoms with Gasteiger partial charge in [-0.15, -0.1) is 11.3 Å². The molecule has 0 bridgehead atoms. The van der Waals surface area contributed by atoms with Crippen LogP contribution in [0.15, 0.2) is 16.3 Å². The fourth-order valence-electron chi connectivity index (χ4n) is 2.37. The summed E-state index contributed by atoms with van der Waals surface area (Å²) >= 11 is 1.52. The monoisotopic (exact) mass is 314 g/mol. The highest BCUT2D eigenvalue weighted by molar-refractivity contribution is 7.89. The second kappa shape index (κ2) is 5.75. The van der Waals surface area contributed by atoms with Crippen molar-refractivity contribution in [1.82, 2.24) is 10.0 Å². The van der Waals surface area contributed by atoms with E-state index in [4.69, 9.17) is 0 Å². The average Bonchev–Trinajstić information content (AvgIpc) is 3.32. The van der Waals surface area contributed by atoms with Crippen molar-refractivity contribution in [1.29, 1.82) is 0 Å². The maximum absolute atomic E-state index is 12.4. The summed E-state index contributed by atoms with van der Waals surface area (Å²) in [5, 5.41) is 5.25. The normalized spacial score (nSPS) is 21.1. The van der Waals surface area contributed by atoms with Gasteiger partial charge < -0.3 is 5.32 Å². The standard InChI is InChI=1S/C14H22N2O2S2/c1-10(11-2-3-11)8-16-20(17,18)14-6-7-19-13(14)9-15-12-4-5-12/h6-7,10-12,15-16H,2-5,8-9H2,1H3. The molecule has 1 aromatic rings. The highest BCUT2D eigenvalue weighted by Crippen LogP contribution is 2.36. The SMILES string of the molecule is CC(CNS(=O)(=O)c1ccsc1CNC1CC1)C1CC1. The molecule has 2 saturated carbocycles. The summed E-state index contributed by atoms with van der Waals surface area (Å²) in [6.45, 7) is 3.35. The zero-order valence-electron chi connectivity index (χ0n) is 11.8. The third kappa shape index (κ3) is 3.61. The van der Waals surface area contributed by atoms with Gasteiger partial charge in [0.2, 0.25) is 10.0 Å². The summed E-state index contributed by atoms with van der Waals surface area (Å²) in [5.41, 5.74) is 0. The van der Waals surface area contributed by atoms with Gasteiger partial charge in [0, 0.05) is 24.0 Å². The minimum absolute atomic E-state index is 0.441. The van der Waals surface area contributed by atoms with E-state index in [-0.39, 0.29) is 0 Å². The van der Waals surface area contributed by atoms with Crippen LogP contribution < -0.4 is 10.0 Å². The molecule has 1 atom stereocenters. The number of nitrogens with one attached hydrogen (secondary N) is 2. The van der Waals surface area contributed by atoms with Gasteiger partial charge in [0.05, 0.1) is 4.90 Å². The molecule has 3 rings (SSSR count). The third-order valence-electron chi connectivity index (χ3n) is 4.14. The van der Waals surface area contributed by atoms with E-state index in [2.05, 4.69) is 17.0 Å². The molecule has 2 aliphatic rings. The van der Waals surface area contributed by atoms with Crippen LogP contribution in [0.1, 0.15) is 37.5 Å². The van der Waals surface area contributed by atoms with Gasteiger partial charge in [-0.1, -0.05) is 6.92 Å². The van der Waals surface area contributed by atoms with Gasteiger partial charge in [0.15, 0.2) is 0 Å². The van der Waals surface area contributed by atoms with Gasteiger partial charge in [-0.05, 0) is 49.0 Å². The van der Waals surface area contributed by atoms with Gasteiger partial charge in [-0.25, -0.2) is 13.1 Å². The van der Waals surface area contributed by atoms with E-state index in [0.29, 0.717) is 29.9 Å². The van der Waals surface area contributed by atoms with Crippen LogP contribution in [0.2, 0.25) is 0 Å². The first-order chi connectivity index (χ1) is 9.56. The van der Waals surface area contributed by atoms with Crippen molar-refractivity contribution in [3.8, 4) is 0 Å². The maximum Gasteiger partial charge on any atom is 0.241 e. The Morgan fingerprint density at radius 1 is 1.35 bits per heavy atom. The smallest absolute Gasteiger partial charge is 0.241 e. The topological polar surface area (TPSA) is 58.2 Å². The lowest BCUT2D eigenvalue weighted by molar-refractivity contribution is 0.491. The van der Waals surface area contributed by atoms with Crippen LogP contribution in [0.5, 0.6) is 0 Å². The molecule has 1 aromatic heterocycles. The zero-order chi connectivity index (χ0) is 14.2. The molecule has 6 heteroatoms. The zero-order valence-corrected chi connectivity index (χ0v) is 13.4. The first kappa shape index (κ1) is 14.5. The van der Waals surface area contributed by atoms with Crippen molar-refractivity contribution < 1.29 is 8.42 Å². The Kier molecular flexibility index (Phi) is 4.17. The van der Waals surface area contributed by atoms with Gasteiger partial charge in [0.1, 0.15) is 0 Å². The van der Waals surface area contributed by atoms with Crippen molar-refractivity contribution in [2.45, 2.75) is 50.1 Å². The Labute approximate surface area is 125 Å². The molecule has 4 nitrogen and oxygen atoms in total. The Morgan fingerprint density at radius 2 is 2.10 bits per heavy atom. The molecule has 0 spiro atoms. The molecule has 1 heterocycles. The molecular formula is C14H22N2O2S2. The minimum atomic E-state index is -3.36. The lowest BCUT2D eigenvalue weighted by Gasteiger charge is -2.12. The number of rotatable bonds is 8. The Bertz CT molecular complexity index is 559. The van der Waals surface area contributed by atoms with E-state index in [1.165, 1.54) is 37.0 Å². The molecule has 0 aliphatic heterocycles. The van der Waals surface area contributed by atoms with E-state index in [1.807, 2.05) is 5.38 Å². The molecule has 0 saturated heterocycles.